The summed E-state index contributed by atoms with van der Waals surface area (Å²) in [5, 5.41) is 3.07. The zero-order chi connectivity index (χ0) is 11.9. The van der Waals surface area contributed by atoms with E-state index in [1.165, 1.54) is 11.3 Å². The van der Waals surface area contributed by atoms with E-state index in [-0.39, 0.29) is 23.5 Å². The second kappa shape index (κ2) is 4.00. The monoisotopic (exact) mass is 236 g/mol. The van der Waals surface area contributed by atoms with Crippen LogP contribution in [-0.4, -0.2) is 28.4 Å². The van der Waals surface area contributed by atoms with Crippen molar-refractivity contribution in [3.63, 3.8) is 0 Å². The average molecular weight is 236 g/mol. The molecule has 3 rings (SSSR count). The second-order valence-corrected chi connectivity index (χ2v) is 5.80. The summed E-state index contributed by atoms with van der Waals surface area (Å²) in [5.74, 6) is 0.0559. The minimum atomic E-state index is -0.167. The van der Waals surface area contributed by atoms with Gasteiger partial charge in [-0.3, -0.25) is 9.69 Å². The Labute approximate surface area is 102 Å². The molecule has 1 aliphatic heterocycles. The largest absolute Gasteiger partial charge is 0.332 e. The summed E-state index contributed by atoms with van der Waals surface area (Å²) in [4.78, 5) is 25.8. The molecule has 0 radical (unpaired) electrons. The lowest BCUT2D eigenvalue weighted by molar-refractivity contribution is -0.135. The third kappa shape index (κ3) is 1.83. The number of carbonyl (C=O) groups is 2. The van der Waals surface area contributed by atoms with Gasteiger partial charge in [0.15, 0.2) is 0 Å². The van der Waals surface area contributed by atoms with Gasteiger partial charge in [-0.2, -0.15) is 0 Å². The number of amides is 3. The van der Waals surface area contributed by atoms with Crippen LogP contribution in [0.3, 0.4) is 0 Å². The number of imide groups is 1. The van der Waals surface area contributed by atoms with Crippen LogP contribution in [0.4, 0.5) is 4.79 Å². The zero-order valence-electron chi connectivity index (χ0n) is 10.2. The summed E-state index contributed by atoms with van der Waals surface area (Å²) in [7, 11) is 0. The van der Waals surface area contributed by atoms with Crippen LogP contribution in [0.5, 0.6) is 0 Å². The van der Waals surface area contributed by atoms with E-state index in [4.69, 9.17) is 0 Å². The first-order chi connectivity index (χ1) is 8.20. The summed E-state index contributed by atoms with van der Waals surface area (Å²) in [6, 6.07) is 0.0292. The molecular weight excluding hydrogens is 216 g/mol. The van der Waals surface area contributed by atoms with Gasteiger partial charge < -0.3 is 5.32 Å². The number of hydrogen-bond donors (Lipinski definition) is 1. The number of rotatable bonds is 1. The lowest BCUT2D eigenvalue weighted by Crippen LogP contribution is -2.66. The van der Waals surface area contributed by atoms with Crippen LogP contribution in [0.2, 0.25) is 0 Å². The van der Waals surface area contributed by atoms with Crippen molar-refractivity contribution < 1.29 is 9.59 Å². The van der Waals surface area contributed by atoms with Gasteiger partial charge in [0.2, 0.25) is 5.91 Å². The van der Waals surface area contributed by atoms with Gasteiger partial charge in [-0.25, -0.2) is 4.79 Å². The molecule has 0 aromatic carbocycles. The minimum Gasteiger partial charge on any atom is -0.332 e. The Morgan fingerprint density at radius 1 is 1.06 bits per heavy atom. The van der Waals surface area contributed by atoms with Crippen LogP contribution >= 0.6 is 0 Å². The van der Waals surface area contributed by atoms with E-state index in [0.717, 1.165) is 44.9 Å². The van der Waals surface area contributed by atoms with E-state index < -0.39 is 0 Å². The minimum absolute atomic E-state index is 0.0559. The Kier molecular flexibility index (Phi) is 2.60. The summed E-state index contributed by atoms with van der Waals surface area (Å²) >= 11 is 0. The maximum atomic E-state index is 12.2. The molecule has 3 aliphatic rings. The third-order valence-corrected chi connectivity index (χ3v) is 4.60. The second-order valence-electron chi connectivity index (χ2n) is 5.80. The molecule has 0 aromatic heterocycles. The first kappa shape index (κ1) is 11.1. The highest BCUT2D eigenvalue weighted by Crippen LogP contribution is 2.38. The van der Waals surface area contributed by atoms with Gasteiger partial charge >= 0.3 is 6.03 Å². The van der Waals surface area contributed by atoms with Gasteiger partial charge in [0.05, 0.1) is 12.0 Å². The Bertz CT molecular complexity index is 323. The molecule has 0 unspecified atom stereocenters. The van der Waals surface area contributed by atoms with Gasteiger partial charge in [-0.1, -0.05) is 19.3 Å². The van der Waals surface area contributed by atoms with E-state index in [0.29, 0.717) is 6.42 Å². The Hall–Kier alpha value is -1.06. The number of hydrogen-bond acceptors (Lipinski definition) is 2. The van der Waals surface area contributed by atoms with Crippen molar-refractivity contribution in [1.29, 1.82) is 0 Å². The van der Waals surface area contributed by atoms with Crippen molar-refractivity contribution in [2.24, 2.45) is 0 Å². The lowest BCUT2D eigenvalue weighted by Gasteiger charge is -2.49. The fourth-order valence-corrected chi connectivity index (χ4v) is 3.43. The van der Waals surface area contributed by atoms with E-state index in [1.807, 2.05) is 0 Å². The van der Waals surface area contributed by atoms with Crippen molar-refractivity contribution in [3.8, 4) is 0 Å². The predicted molar refractivity (Wildman–Crippen MR) is 63.4 cm³/mol. The maximum Gasteiger partial charge on any atom is 0.324 e. The zero-order valence-corrected chi connectivity index (χ0v) is 10.2. The van der Waals surface area contributed by atoms with Crippen LogP contribution in [0.1, 0.15) is 57.8 Å². The Morgan fingerprint density at radius 2 is 1.76 bits per heavy atom. The number of nitrogens with one attached hydrogen (secondary N) is 1. The maximum absolute atomic E-state index is 12.2. The first-order valence-electron chi connectivity index (χ1n) is 6.84. The fraction of sp³-hybridized carbons (Fsp3) is 0.846. The quantitative estimate of drug-likeness (QED) is 0.758. The fourth-order valence-electron chi connectivity index (χ4n) is 3.43. The third-order valence-electron chi connectivity index (χ3n) is 4.60. The SMILES string of the molecule is O=C1CC2(CCC2)NC(=O)N1C1CCCCC1. The number of urea groups is 1. The molecule has 4 heteroatoms. The van der Waals surface area contributed by atoms with Crippen molar-refractivity contribution in [2.45, 2.75) is 69.4 Å². The molecular formula is C13H20N2O2. The van der Waals surface area contributed by atoms with Crippen LogP contribution in [0.25, 0.3) is 0 Å². The van der Waals surface area contributed by atoms with Gasteiger partial charge in [-0.05, 0) is 32.1 Å². The molecule has 94 valence electrons. The van der Waals surface area contributed by atoms with Crippen LogP contribution in [0.15, 0.2) is 0 Å². The molecule has 4 nitrogen and oxygen atoms in total. The Balaban J connectivity index is 1.72. The van der Waals surface area contributed by atoms with E-state index in [2.05, 4.69) is 5.32 Å². The molecule has 0 atom stereocenters. The Morgan fingerprint density at radius 3 is 2.29 bits per heavy atom. The van der Waals surface area contributed by atoms with Gasteiger partial charge in [0.1, 0.15) is 0 Å². The van der Waals surface area contributed by atoms with Crippen molar-refractivity contribution in [2.75, 3.05) is 0 Å². The lowest BCUT2D eigenvalue weighted by atomic mass is 9.73. The van der Waals surface area contributed by atoms with Gasteiger partial charge in [0.25, 0.3) is 0 Å². The number of nitrogens with zero attached hydrogens (tertiary/aromatic N) is 1. The highest BCUT2D eigenvalue weighted by molar-refractivity contribution is 5.98. The van der Waals surface area contributed by atoms with Crippen LogP contribution in [-0.2, 0) is 4.79 Å². The number of carbonyl (C=O) groups excluding carboxylic acids is 2. The molecule has 2 aliphatic carbocycles. The molecule has 1 spiro atoms. The topological polar surface area (TPSA) is 49.4 Å². The molecule has 1 heterocycles. The molecule has 2 saturated carbocycles. The van der Waals surface area contributed by atoms with E-state index in [1.54, 1.807) is 0 Å². The summed E-state index contributed by atoms with van der Waals surface area (Å²) < 4.78 is 0. The van der Waals surface area contributed by atoms with Gasteiger partial charge in [-0.15, -0.1) is 0 Å². The predicted octanol–water partition coefficient (Wildman–Crippen LogP) is 2.18. The average Bonchev–Trinajstić information content (AvgIpc) is 2.27. The smallest absolute Gasteiger partial charge is 0.324 e. The molecule has 1 saturated heterocycles. The van der Waals surface area contributed by atoms with E-state index >= 15 is 0 Å². The highest BCUT2D eigenvalue weighted by atomic mass is 16.2. The van der Waals surface area contributed by atoms with Crippen LogP contribution < -0.4 is 5.32 Å². The molecule has 1 N–H and O–H groups in total. The summed E-state index contributed by atoms with van der Waals surface area (Å²) in [6.07, 6.45) is 9.13. The molecule has 0 aromatic rings. The van der Waals surface area contributed by atoms with Crippen molar-refractivity contribution >= 4 is 11.9 Å². The summed E-state index contributed by atoms with van der Waals surface area (Å²) in [6.45, 7) is 0. The first-order valence-corrected chi connectivity index (χ1v) is 6.84. The van der Waals surface area contributed by atoms with Crippen molar-refractivity contribution in [1.82, 2.24) is 10.2 Å². The highest BCUT2D eigenvalue weighted by Gasteiger charge is 2.48. The normalized spacial score (nSPS) is 29.1. The summed E-state index contributed by atoms with van der Waals surface area (Å²) in [5.41, 5.74) is -0.167. The molecule has 17 heavy (non-hydrogen) atoms. The molecule has 3 amide bonds. The van der Waals surface area contributed by atoms with Crippen LogP contribution in [0, 0.1) is 0 Å². The molecule has 3 fully saturated rings. The van der Waals surface area contributed by atoms with Gasteiger partial charge in [0, 0.05) is 6.04 Å². The standard InChI is InChI=1S/C13H20N2O2/c16-11-9-13(7-4-8-13)14-12(17)15(11)10-5-2-1-3-6-10/h10H,1-9H2,(H,14,17). The van der Waals surface area contributed by atoms with E-state index in [9.17, 15) is 9.59 Å². The molecule has 0 bridgehead atoms. The van der Waals surface area contributed by atoms with Crippen molar-refractivity contribution in [3.05, 3.63) is 0 Å².